The second kappa shape index (κ2) is 6.17. The zero-order valence-electron chi connectivity index (χ0n) is 11.0. The van der Waals surface area contributed by atoms with Crippen molar-refractivity contribution in [1.82, 2.24) is 0 Å². The van der Waals surface area contributed by atoms with E-state index in [-0.39, 0.29) is 35.3 Å². The van der Waals surface area contributed by atoms with Crippen molar-refractivity contribution in [3.05, 3.63) is 23.8 Å². The van der Waals surface area contributed by atoms with Crippen molar-refractivity contribution in [3.8, 4) is 11.5 Å². The van der Waals surface area contributed by atoms with Crippen LogP contribution in [0.5, 0.6) is 11.5 Å². The minimum atomic E-state index is -1.23. The Bertz CT molecular complexity index is 534. The predicted octanol–water partition coefficient (Wildman–Crippen LogP) is -2.59. The number of hydrogen-bond donors (Lipinski definition) is 1. The molecule has 1 aromatic carbocycles. The molecule has 0 radical (unpaired) electrons. The number of rotatable bonds is 3. The van der Waals surface area contributed by atoms with Crippen LogP contribution in [0.2, 0.25) is 0 Å². The first kappa shape index (κ1) is 16.4. The number of ether oxygens (including phenoxy) is 1. The van der Waals surface area contributed by atoms with E-state index < -0.39 is 11.5 Å². The van der Waals surface area contributed by atoms with Gasteiger partial charge >= 0.3 is 29.6 Å². The summed E-state index contributed by atoms with van der Waals surface area (Å²) in [6.07, 6.45) is 0. The zero-order valence-corrected chi connectivity index (χ0v) is 13.8. The molecule has 1 atom stereocenters. The Morgan fingerprint density at radius 2 is 2.26 bits per heavy atom. The molecule has 0 saturated carbocycles. The molecular weight excluding hydrogens is 277 g/mol. The largest absolute Gasteiger partial charge is 1.00 e. The van der Waals surface area contributed by atoms with Crippen molar-refractivity contribution < 1.29 is 49.3 Å². The van der Waals surface area contributed by atoms with E-state index in [0.717, 1.165) is 0 Å². The molecule has 0 saturated heterocycles. The molecule has 0 aliphatic carbocycles. The summed E-state index contributed by atoms with van der Waals surface area (Å²) in [4.78, 5) is 15.1. The molecule has 0 aromatic heterocycles. The van der Waals surface area contributed by atoms with E-state index in [9.17, 15) is 15.0 Å². The molecule has 96 valence electrons. The van der Waals surface area contributed by atoms with Gasteiger partial charge in [0.15, 0.2) is 0 Å². The topological polar surface area (TPSA) is 82.0 Å². The number of aliphatic imine (C=N–C) groups is 1. The van der Waals surface area contributed by atoms with E-state index >= 15 is 0 Å². The van der Waals surface area contributed by atoms with Crippen LogP contribution in [0.15, 0.2) is 23.2 Å². The number of thioether (sulfide) groups is 1. The van der Waals surface area contributed by atoms with Gasteiger partial charge in [-0.3, -0.25) is 4.99 Å². The number of carbonyl (C=O) groups is 1. The Morgan fingerprint density at radius 1 is 1.58 bits per heavy atom. The van der Waals surface area contributed by atoms with E-state index in [1.807, 2.05) is 0 Å². The van der Waals surface area contributed by atoms with Crippen molar-refractivity contribution in [2.75, 3.05) is 12.9 Å². The summed E-state index contributed by atoms with van der Waals surface area (Å²) in [6.45, 7) is 1.50. The maximum atomic E-state index is 11.0. The minimum absolute atomic E-state index is 0. The monoisotopic (exact) mass is 289 g/mol. The maximum absolute atomic E-state index is 11.0. The zero-order chi connectivity index (χ0) is 13.3. The van der Waals surface area contributed by atoms with E-state index in [2.05, 4.69) is 4.99 Å². The van der Waals surface area contributed by atoms with Crippen LogP contribution in [0.4, 0.5) is 0 Å². The first-order valence-electron chi connectivity index (χ1n) is 5.28. The van der Waals surface area contributed by atoms with Gasteiger partial charge in [0.05, 0.1) is 13.1 Å². The molecule has 0 unspecified atom stereocenters. The smallest absolute Gasteiger partial charge is 0.547 e. The Labute approximate surface area is 137 Å². The number of methoxy groups -OCH3 is 1. The molecule has 0 amide bonds. The maximum Gasteiger partial charge on any atom is 1.00 e. The van der Waals surface area contributed by atoms with E-state index in [0.29, 0.717) is 22.1 Å². The number of benzene rings is 1. The van der Waals surface area contributed by atoms with Gasteiger partial charge in [-0.25, -0.2) is 0 Å². The number of aromatic hydroxyl groups is 1. The van der Waals surface area contributed by atoms with Crippen molar-refractivity contribution in [3.63, 3.8) is 0 Å². The quantitative estimate of drug-likeness (QED) is 0.617. The molecule has 1 N–H and O–H groups in total. The van der Waals surface area contributed by atoms with Gasteiger partial charge in [0, 0.05) is 17.4 Å². The number of carboxylic acid groups (broad SMARTS) is 1. The molecule has 19 heavy (non-hydrogen) atoms. The molecule has 1 aliphatic rings. The number of hydrogen-bond acceptors (Lipinski definition) is 6. The summed E-state index contributed by atoms with van der Waals surface area (Å²) in [5.41, 5.74) is -0.724. The fourth-order valence-corrected chi connectivity index (χ4v) is 2.75. The second-order valence-corrected chi connectivity index (χ2v) is 5.11. The standard InChI is InChI=1S/C12H13NO4S.Na/c1-12(11(15)16)6-18-10(13-12)8-4-3-7(17-2)5-9(8)14;/h3-5,14H,6H2,1-2H3,(H,15,16);/q;+1/p-1/t12-;/m1./s1. The van der Waals surface area contributed by atoms with Crippen LogP contribution in [0.1, 0.15) is 12.5 Å². The number of carbonyl (C=O) groups excluding carboxylic acids is 1. The summed E-state index contributed by atoms with van der Waals surface area (Å²) in [6, 6.07) is 4.81. The van der Waals surface area contributed by atoms with Crippen LogP contribution in [-0.4, -0.2) is 34.5 Å². The van der Waals surface area contributed by atoms with Gasteiger partial charge in [0.2, 0.25) is 0 Å². The summed E-state index contributed by atoms with van der Waals surface area (Å²) in [5.74, 6) is -0.362. The van der Waals surface area contributed by atoms with Gasteiger partial charge in [-0.2, -0.15) is 0 Å². The second-order valence-electron chi connectivity index (χ2n) is 4.15. The van der Waals surface area contributed by atoms with E-state index in [4.69, 9.17) is 4.74 Å². The van der Waals surface area contributed by atoms with Crippen LogP contribution in [0.3, 0.4) is 0 Å². The van der Waals surface area contributed by atoms with Crippen molar-refractivity contribution in [2.24, 2.45) is 4.99 Å². The average Bonchev–Trinajstić information content (AvgIpc) is 2.73. The molecule has 1 heterocycles. The number of nitrogens with zero attached hydrogens (tertiary/aromatic N) is 1. The van der Waals surface area contributed by atoms with Crippen molar-refractivity contribution in [2.45, 2.75) is 12.5 Å². The Morgan fingerprint density at radius 3 is 2.74 bits per heavy atom. The fraction of sp³-hybridized carbons (Fsp3) is 0.333. The summed E-state index contributed by atoms with van der Waals surface area (Å²) >= 11 is 1.29. The molecule has 7 heteroatoms. The van der Waals surface area contributed by atoms with Crippen LogP contribution in [-0.2, 0) is 4.79 Å². The molecule has 1 aliphatic heterocycles. The van der Waals surface area contributed by atoms with Crippen LogP contribution in [0, 0.1) is 0 Å². The van der Waals surface area contributed by atoms with Gasteiger partial charge in [-0.15, -0.1) is 11.8 Å². The van der Waals surface area contributed by atoms with Gasteiger partial charge < -0.3 is 19.7 Å². The summed E-state index contributed by atoms with van der Waals surface area (Å²) in [7, 11) is 1.50. The van der Waals surface area contributed by atoms with Crippen molar-refractivity contribution in [1.29, 1.82) is 0 Å². The van der Waals surface area contributed by atoms with Gasteiger partial charge in [-0.1, -0.05) is 0 Å². The number of phenolic OH excluding ortho intramolecular Hbond substituents is 1. The first-order chi connectivity index (χ1) is 8.46. The molecule has 1 aromatic rings. The molecular formula is C12H12NNaO4S. The minimum Gasteiger partial charge on any atom is -0.547 e. The summed E-state index contributed by atoms with van der Waals surface area (Å²) in [5, 5.41) is 21.3. The van der Waals surface area contributed by atoms with Gasteiger partial charge in [0.1, 0.15) is 22.1 Å². The van der Waals surface area contributed by atoms with Crippen LogP contribution < -0.4 is 39.4 Å². The fourth-order valence-electron chi connectivity index (χ4n) is 1.56. The molecule has 0 fully saturated rings. The normalized spacial score (nSPS) is 21.5. The Hall–Kier alpha value is -0.690. The third kappa shape index (κ3) is 3.25. The number of aliphatic carboxylic acids is 1. The number of phenols is 1. The molecule has 0 spiro atoms. The average molecular weight is 289 g/mol. The van der Waals surface area contributed by atoms with Crippen LogP contribution >= 0.6 is 11.8 Å². The molecule has 0 bridgehead atoms. The molecule has 2 rings (SSSR count). The Balaban J connectivity index is 0.00000180. The first-order valence-corrected chi connectivity index (χ1v) is 6.26. The van der Waals surface area contributed by atoms with Gasteiger partial charge in [-0.05, 0) is 19.1 Å². The predicted molar refractivity (Wildman–Crippen MR) is 67.1 cm³/mol. The van der Waals surface area contributed by atoms with E-state index in [1.54, 1.807) is 12.1 Å². The van der Waals surface area contributed by atoms with E-state index in [1.165, 1.54) is 31.9 Å². The summed E-state index contributed by atoms with van der Waals surface area (Å²) < 4.78 is 4.98. The molecule has 5 nitrogen and oxygen atoms in total. The SMILES string of the molecule is COc1ccc(C2=N[C@@](C)(C(=O)[O-])CS2)c(O)c1.[Na+]. The van der Waals surface area contributed by atoms with Gasteiger partial charge in [0.25, 0.3) is 0 Å². The third-order valence-electron chi connectivity index (χ3n) is 2.71. The number of carboxylic acids is 1. The van der Waals surface area contributed by atoms with Crippen molar-refractivity contribution >= 4 is 22.8 Å². The Kier molecular flexibility index (Phi) is 5.32. The third-order valence-corrected chi connectivity index (χ3v) is 4.00. The van der Waals surface area contributed by atoms with Crippen LogP contribution in [0.25, 0.3) is 0 Å².